The standard InChI is InChI=1S/C33H34F2N4O4S.ClH/c1-44(41,42)37-28-10-16-31(17-11-28)43-30-14-6-24(7-15-30)22-38-20-18-27(19-21-38)36-33(40)39(29-12-8-26(34)9-13-29)23-25-4-2-3-5-32(25)35;/h2-17,27,37H,18-23H2,1H3,(H,36,40);1H. The summed E-state index contributed by atoms with van der Waals surface area (Å²) in [5.41, 5.74) is 2.45. The van der Waals surface area contributed by atoms with Gasteiger partial charge in [0.25, 0.3) is 0 Å². The average molecular weight is 657 g/mol. The van der Waals surface area contributed by atoms with Gasteiger partial charge in [0.2, 0.25) is 10.0 Å². The molecule has 0 saturated carbocycles. The van der Waals surface area contributed by atoms with Crippen LogP contribution in [-0.2, 0) is 23.1 Å². The second-order valence-electron chi connectivity index (χ2n) is 10.8. The summed E-state index contributed by atoms with van der Waals surface area (Å²) in [4.78, 5) is 17.1. The maximum Gasteiger partial charge on any atom is 0.322 e. The fourth-order valence-electron chi connectivity index (χ4n) is 5.05. The van der Waals surface area contributed by atoms with Crippen LogP contribution >= 0.6 is 12.4 Å². The topological polar surface area (TPSA) is 91.0 Å². The average Bonchev–Trinajstić information content (AvgIpc) is 2.99. The summed E-state index contributed by atoms with van der Waals surface area (Å²) < 4.78 is 59.0. The molecule has 0 radical (unpaired) electrons. The van der Waals surface area contributed by atoms with Gasteiger partial charge in [0.15, 0.2) is 0 Å². The van der Waals surface area contributed by atoms with Crippen molar-refractivity contribution in [3.63, 3.8) is 0 Å². The smallest absolute Gasteiger partial charge is 0.322 e. The van der Waals surface area contributed by atoms with E-state index in [4.69, 9.17) is 4.74 Å². The van der Waals surface area contributed by atoms with E-state index in [1.54, 1.807) is 42.5 Å². The van der Waals surface area contributed by atoms with Crippen LogP contribution in [0.1, 0.15) is 24.0 Å². The first kappa shape index (κ1) is 33.7. The molecule has 4 aromatic rings. The van der Waals surface area contributed by atoms with Gasteiger partial charge in [0, 0.05) is 42.6 Å². The number of carbonyl (C=O) groups is 1. The number of ether oxygens (including phenoxy) is 1. The lowest BCUT2D eigenvalue weighted by Gasteiger charge is -2.34. The molecular formula is C33H35ClF2N4O4S. The van der Waals surface area contributed by atoms with Crippen molar-refractivity contribution in [3.8, 4) is 11.5 Å². The van der Waals surface area contributed by atoms with Gasteiger partial charge in [0.1, 0.15) is 23.1 Å². The molecular weight excluding hydrogens is 622 g/mol. The largest absolute Gasteiger partial charge is 0.457 e. The van der Waals surface area contributed by atoms with E-state index in [2.05, 4.69) is 14.9 Å². The number of piperidine rings is 1. The molecule has 0 unspecified atom stereocenters. The Morgan fingerprint density at radius 1 is 0.889 bits per heavy atom. The minimum absolute atomic E-state index is 0. The molecule has 0 spiro atoms. The molecule has 5 rings (SSSR count). The highest BCUT2D eigenvalue weighted by Crippen LogP contribution is 2.25. The van der Waals surface area contributed by atoms with E-state index in [1.165, 1.54) is 35.2 Å². The molecule has 8 nitrogen and oxygen atoms in total. The summed E-state index contributed by atoms with van der Waals surface area (Å²) >= 11 is 0. The molecule has 4 aromatic carbocycles. The number of likely N-dealkylation sites (tertiary alicyclic amines) is 1. The molecule has 0 aromatic heterocycles. The second kappa shape index (κ2) is 15.2. The monoisotopic (exact) mass is 656 g/mol. The quantitative estimate of drug-likeness (QED) is 0.193. The first-order valence-electron chi connectivity index (χ1n) is 14.3. The number of rotatable bonds is 10. The van der Waals surface area contributed by atoms with Crippen LogP contribution in [0.3, 0.4) is 0 Å². The number of carbonyl (C=O) groups excluding carboxylic acids is 1. The number of benzene rings is 4. The Hall–Kier alpha value is -4.19. The fourth-order valence-corrected chi connectivity index (χ4v) is 5.61. The highest BCUT2D eigenvalue weighted by molar-refractivity contribution is 7.92. The summed E-state index contributed by atoms with van der Waals surface area (Å²) in [6.07, 6.45) is 2.62. The highest BCUT2D eigenvalue weighted by atomic mass is 35.5. The zero-order valence-corrected chi connectivity index (χ0v) is 26.3. The molecule has 12 heteroatoms. The highest BCUT2D eigenvalue weighted by Gasteiger charge is 2.25. The third-order valence-corrected chi connectivity index (χ3v) is 7.91. The SMILES string of the molecule is CS(=O)(=O)Nc1ccc(Oc2ccc(CN3CCC(NC(=O)N(Cc4ccccc4F)c4ccc(F)cc4)CC3)cc2)cc1.Cl. The van der Waals surface area contributed by atoms with Crippen LogP contribution in [0.5, 0.6) is 11.5 Å². The zero-order chi connectivity index (χ0) is 31.1. The number of halogens is 3. The molecule has 2 N–H and O–H groups in total. The summed E-state index contributed by atoms with van der Waals surface area (Å²) in [5, 5.41) is 3.10. The molecule has 1 saturated heterocycles. The van der Waals surface area contributed by atoms with Crippen LogP contribution in [0.15, 0.2) is 97.1 Å². The zero-order valence-electron chi connectivity index (χ0n) is 24.7. The molecule has 1 aliphatic rings. The fraction of sp³-hybridized carbons (Fsp3) is 0.242. The van der Waals surface area contributed by atoms with Crippen molar-refractivity contribution in [3.05, 3.63) is 120 Å². The predicted octanol–water partition coefficient (Wildman–Crippen LogP) is 6.93. The van der Waals surface area contributed by atoms with Crippen molar-refractivity contribution in [2.24, 2.45) is 0 Å². The molecule has 45 heavy (non-hydrogen) atoms. The number of nitrogens with one attached hydrogen (secondary N) is 2. The van der Waals surface area contributed by atoms with Crippen molar-refractivity contribution >= 4 is 39.8 Å². The molecule has 1 aliphatic heterocycles. The first-order chi connectivity index (χ1) is 21.1. The van der Waals surface area contributed by atoms with E-state index in [1.807, 2.05) is 24.3 Å². The van der Waals surface area contributed by atoms with Crippen LogP contribution in [0.25, 0.3) is 0 Å². The van der Waals surface area contributed by atoms with Gasteiger partial charge in [0.05, 0.1) is 12.8 Å². The van der Waals surface area contributed by atoms with Gasteiger partial charge in [-0.15, -0.1) is 12.4 Å². The van der Waals surface area contributed by atoms with Crippen LogP contribution < -0.4 is 19.7 Å². The maximum atomic E-state index is 14.4. The lowest BCUT2D eigenvalue weighted by molar-refractivity contribution is 0.188. The molecule has 238 valence electrons. The number of sulfonamides is 1. The Morgan fingerprint density at radius 3 is 2.09 bits per heavy atom. The summed E-state index contributed by atoms with van der Waals surface area (Å²) in [5.74, 6) is 0.442. The molecule has 1 fully saturated rings. The van der Waals surface area contributed by atoms with Crippen LogP contribution in [0.4, 0.5) is 25.0 Å². The summed E-state index contributed by atoms with van der Waals surface area (Å²) in [6, 6.07) is 26.0. The Balaban J connectivity index is 0.00000461. The third-order valence-electron chi connectivity index (χ3n) is 7.31. The van der Waals surface area contributed by atoms with Crippen molar-refractivity contribution in [1.29, 1.82) is 0 Å². The van der Waals surface area contributed by atoms with Gasteiger partial charge < -0.3 is 10.1 Å². The van der Waals surface area contributed by atoms with Gasteiger partial charge >= 0.3 is 6.03 Å². The van der Waals surface area contributed by atoms with Crippen molar-refractivity contribution in [1.82, 2.24) is 10.2 Å². The van der Waals surface area contributed by atoms with E-state index in [9.17, 15) is 22.0 Å². The minimum Gasteiger partial charge on any atom is -0.457 e. The Bertz CT molecular complexity index is 1670. The summed E-state index contributed by atoms with van der Waals surface area (Å²) in [7, 11) is -3.34. The van der Waals surface area contributed by atoms with Crippen LogP contribution in [-0.4, -0.2) is 44.7 Å². The number of hydrogen-bond acceptors (Lipinski definition) is 5. The third kappa shape index (κ3) is 9.90. The second-order valence-corrected chi connectivity index (χ2v) is 12.5. The van der Waals surface area contributed by atoms with Crippen molar-refractivity contribution in [2.45, 2.75) is 32.0 Å². The van der Waals surface area contributed by atoms with Gasteiger partial charge in [-0.25, -0.2) is 22.0 Å². The Morgan fingerprint density at radius 2 is 1.49 bits per heavy atom. The van der Waals surface area contributed by atoms with Gasteiger partial charge in [-0.1, -0.05) is 30.3 Å². The van der Waals surface area contributed by atoms with Crippen molar-refractivity contribution < 1.29 is 26.7 Å². The van der Waals surface area contributed by atoms with Gasteiger partial charge in [-0.05, 0) is 85.1 Å². The number of amides is 2. The lowest BCUT2D eigenvalue weighted by Crippen LogP contribution is -2.49. The van der Waals surface area contributed by atoms with E-state index in [-0.39, 0.29) is 31.0 Å². The number of nitrogens with zero attached hydrogens (tertiary/aromatic N) is 2. The molecule has 0 atom stereocenters. The van der Waals surface area contributed by atoms with E-state index in [0.717, 1.165) is 44.3 Å². The maximum absolute atomic E-state index is 14.4. The van der Waals surface area contributed by atoms with E-state index < -0.39 is 21.7 Å². The lowest BCUT2D eigenvalue weighted by atomic mass is 10.0. The molecule has 0 aliphatic carbocycles. The van der Waals surface area contributed by atoms with E-state index >= 15 is 0 Å². The predicted molar refractivity (Wildman–Crippen MR) is 174 cm³/mol. The molecule has 0 bridgehead atoms. The number of anilines is 2. The number of urea groups is 1. The van der Waals surface area contributed by atoms with E-state index in [0.29, 0.717) is 28.4 Å². The molecule has 1 heterocycles. The van der Waals surface area contributed by atoms with Crippen LogP contribution in [0, 0.1) is 11.6 Å². The summed E-state index contributed by atoms with van der Waals surface area (Å²) in [6.45, 7) is 2.36. The molecule has 2 amide bonds. The Labute approximate surface area is 268 Å². The normalized spacial score (nSPS) is 13.8. The minimum atomic E-state index is -3.34. The first-order valence-corrected chi connectivity index (χ1v) is 16.1. The Kier molecular flexibility index (Phi) is 11.4. The van der Waals surface area contributed by atoms with Gasteiger partial charge in [-0.3, -0.25) is 14.5 Å². The number of hydrogen-bond donors (Lipinski definition) is 2. The van der Waals surface area contributed by atoms with Crippen molar-refractivity contribution in [2.75, 3.05) is 29.0 Å². The van der Waals surface area contributed by atoms with Gasteiger partial charge in [-0.2, -0.15) is 0 Å². The van der Waals surface area contributed by atoms with Crippen LogP contribution in [0.2, 0.25) is 0 Å².